The van der Waals surface area contributed by atoms with Crippen LogP contribution in [0.4, 0.5) is 34.6 Å². The molecule has 0 saturated heterocycles. The van der Waals surface area contributed by atoms with Crippen LogP contribution in [0, 0.1) is 10.1 Å². The van der Waals surface area contributed by atoms with Crippen LogP contribution in [0.2, 0.25) is 0 Å². The Morgan fingerprint density at radius 3 is 2.42 bits per heavy atom. The molecule has 0 aliphatic heterocycles. The smallest absolute Gasteiger partial charge is 0.351 e. The third-order valence-electron chi connectivity index (χ3n) is 6.22. The number of Topliss-reactive ketones (excluding diaryl/α,β-unsaturated/α-hetero) is 1. The average Bonchev–Trinajstić information content (AvgIpc) is 3.00. The van der Waals surface area contributed by atoms with Crippen molar-refractivity contribution in [3.8, 4) is 0 Å². The molecule has 18 heteroatoms. The van der Waals surface area contributed by atoms with E-state index in [-0.39, 0.29) is 51.4 Å². The Morgan fingerprint density at radius 2 is 1.73 bits per heavy atom. The molecule has 45 heavy (non-hydrogen) atoms. The van der Waals surface area contributed by atoms with Crippen molar-refractivity contribution in [2.75, 3.05) is 23.2 Å². The Balaban J connectivity index is 1.50. The van der Waals surface area contributed by atoms with Crippen molar-refractivity contribution in [3.05, 3.63) is 104 Å². The number of aromatic amines is 1. The SMILES string of the molecule is COC(=O)c1ccccc1NN=C1C=Cc2c(S(=O)(=O)O)ccc(Nc3nc(Nc4ccc([N+](=O)[O-])cc4)[nH]c(=O)n3)c2C1=O. The summed E-state index contributed by atoms with van der Waals surface area (Å²) >= 11 is 0. The summed E-state index contributed by atoms with van der Waals surface area (Å²) in [6.45, 7) is 0. The second-order valence-corrected chi connectivity index (χ2v) is 10.5. The van der Waals surface area contributed by atoms with Crippen LogP contribution in [0.1, 0.15) is 26.3 Å². The molecule has 0 radical (unpaired) electrons. The molecule has 228 valence electrons. The number of allylic oxidation sites excluding steroid dienone is 1. The Bertz CT molecular complexity index is 2090. The Hall–Kier alpha value is -6.27. The number of nitro benzene ring substituents is 1. The Kier molecular flexibility index (Phi) is 8.15. The minimum atomic E-state index is -4.78. The quantitative estimate of drug-likeness (QED) is 0.0769. The lowest BCUT2D eigenvalue weighted by atomic mass is 9.93. The number of anilines is 5. The van der Waals surface area contributed by atoms with E-state index in [0.717, 1.165) is 6.07 Å². The minimum absolute atomic E-state index is 0.0405. The van der Waals surface area contributed by atoms with Crippen molar-refractivity contribution in [1.29, 1.82) is 0 Å². The average molecular weight is 633 g/mol. The number of methoxy groups -OCH3 is 1. The van der Waals surface area contributed by atoms with Crippen LogP contribution in [-0.2, 0) is 14.9 Å². The zero-order valence-corrected chi connectivity index (χ0v) is 23.7. The van der Waals surface area contributed by atoms with E-state index in [9.17, 15) is 37.5 Å². The highest BCUT2D eigenvalue weighted by Crippen LogP contribution is 2.33. The number of ketones is 1. The van der Waals surface area contributed by atoms with Crippen LogP contribution >= 0.6 is 0 Å². The molecule has 0 unspecified atom stereocenters. The van der Waals surface area contributed by atoms with E-state index in [1.807, 2.05) is 0 Å². The molecule has 0 atom stereocenters. The number of nitro groups is 1. The number of benzene rings is 3. The Labute approximate surface area is 252 Å². The molecule has 5 rings (SSSR count). The summed E-state index contributed by atoms with van der Waals surface area (Å²) in [5.41, 5.74) is 1.66. The molecular formula is C27H20N8O9S. The second kappa shape index (κ2) is 12.1. The van der Waals surface area contributed by atoms with E-state index in [1.54, 1.807) is 12.1 Å². The van der Waals surface area contributed by atoms with Gasteiger partial charge >= 0.3 is 11.7 Å². The van der Waals surface area contributed by atoms with Crippen LogP contribution in [0.25, 0.3) is 6.08 Å². The third-order valence-corrected chi connectivity index (χ3v) is 7.13. The first-order chi connectivity index (χ1) is 21.4. The topological polar surface area (TPSA) is 248 Å². The molecular weight excluding hydrogens is 612 g/mol. The predicted octanol–water partition coefficient (Wildman–Crippen LogP) is 3.27. The van der Waals surface area contributed by atoms with Gasteiger partial charge in [0.1, 0.15) is 10.6 Å². The van der Waals surface area contributed by atoms with Gasteiger partial charge in [0, 0.05) is 23.4 Å². The number of H-pyrrole nitrogens is 1. The third kappa shape index (κ3) is 6.55. The first-order valence-electron chi connectivity index (χ1n) is 12.6. The summed E-state index contributed by atoms with van der Waals surface area (Å²) in [6.07, 6.45) is 2.46. The monoisotopic (exact) mass is 632 g/mol. The summed E-state index contributed by atoms with van der Waals surface area (Å²) in [6, 6.07) is 13.7. The number of carbonyl (C=O) groups excluding carboxylic acids is 2. The maximum Gasteiger partial charge on any atom is 0.351 e. The number of rotatable bonds is 9. The standard InChI is InChI=1S/C27H20N8O9S/c1-44-24(37)16-4-2-3-5-18(16)33-34-20-11-10-17-21(45(41,42)43)13-12-19(22(17)23(20)36)29-26-30-25(31-27(38)32-26)28-14-6-8-15(9-7-14)35(39)40/h2-13,33H,1H3,(H,41,42,43)(H3,28,29,30,31,32,38). The largest absolute Gasteiger partial charge is 0.465 e. The zero-order chi connectivity index (χ0) is 32.3. The van der Waals surface area contributed by atoms with Gasteiger partial charge in [0.15, 0.2) is 0 Å². The number of ether oxygens (including phenoxy) is 1. The number of aromatic nitrogens is 3. The van der Waals surface area contributed by atoms with Crippen LogP contribution in [0.5, 0.6) is 0 Å². The molecule has 0 fully saturated rings. The molecule has 1 aromatic heterocycles. The van der Waals surface area contributed by atoms with Crippen molar-refractivity contribution < 1.29 is 32.2 Å². The number of hydrazone groups is 1. The van der Waals surface area contributed by atoms with Gasteiger partial charge in [0.25, 0.3) is 15.8 Å². The van der Waals surface area contributed by atoms with Gasteiger partial charge in [-0.15, -0.1) is 0 Å². The van der Waals surface area contributed by atoms with Gasteiger partial charge in [-0.25, -0.2) is 9.59 Å². The first-order valence-corrected chi connectivity index (χ1v) is 14.0. The number of nitrogens with one attached hydrogen (secondary N) is 4. The lowest BCUT2D eigenvalue weighted by Gasteiger charge is -2.19. The van der Waals surface area contributed by atoms with Crippen molar-refractivity contribution in [1.82, 2.24) is 15.0 Å². The van der Waals surface area contributed by atoms with Gasteiger partial charge < -0.3 is 15.4 Å². The van der Waals surface area contributed by atoms with Gasteiger partial charge in [-0.1, -0.05) is 18.2 Å². The summed E-state index contributed by atoms with van der Waals surface area (Å²) in [4.78, 5) is 58.1. The van der Waals surface area contributed by atoms with Gasteiger partial charge in [-0.05, 0) is 42.5 Å². The number of esters is 1. The highest BCUT2D eigenvalue weighted by atomic mass is 32.2. The fourth-order valence-corrected chi connectivity index (χ4v) is 4.89. The Morgan fingerprint density at radius 1 is 1.00 bits per heavy atom. The summed E-state index contributed by atoms with van der Waals surface area (Å²) in [5, 5.41) is 20.5. The van der Waals surface area contributed by atoms with E-state index in [2.05, 4.69) is 36.1 Å². The van der Waals surface area contributed by atoms with Crippen LogP contribution in [0.15, 0.2) is 81.5 Å². The fourth-order valence-electron chi connectivity index (χ4n) is 4.21. The van der Waals surface area contributed by atoms with Crippen molar-refractivity contribution >= 4 is 68.3 Å². The van der Waals surface area contributed by atoms with Gasteiger partial charge in [0.05, 0.1) is 34.5 Å². The number of nitrogens with zero attached hydrogens (tertiary/aromatic N) is 4. The molecule has 0 spiro atoms. The van der Waals surface area contributed by atoms with Gasteiger partial charge in [0.2, 0.25) is 17.7 Å². The predicted molar refractivity (Wildman–Crippen MR) is 161 cm³/mol. The number of para-hydroxylation sites is 1. The molecule has 0 amide bonds. The van der Waals surface area contributed by atoms with E-state index in [0.29, 0.717) is 5.69 Å². The molecule has 1 aliphatic rings. The molecule has 17 nitrogen and oxygen atoms in total. The van der Waals surface area contributed by atoms with Crippen LogP contribution in [0.3, 0.4) is 0 Å². The van der Waals surface area contributed by atoms with E-state index >= 15 is 0 Å². The highest BCUT2D eigenvalue weighted by molar-refractivity contribution is 7.86. The summed E-state index contributed by atoms with van der Waals surface area (Å²) in [7, 11) is -3.58. The van der Waals surface area contributed by atoms with Crippen molar-refractivity contribution in [2.45, 2.75) is 4.90 Å². The van der Waals surface area contributed by atoms with Crippen LogP contribution < -0.4 is 21.7 Å². The van der Waals surface area contributed by atoms with E-state index in [4.69, 9.17) is 4.74 Å². The van der Waals surface area contributed by atoms with Gasteiger partial charge in [-0.3, -0.25) is 29.9 Å². The molecule has 4 aromatic rings. The zero-order valence-electron chi connectivity index (χ0n) is 22.8. The lowest BCUT2D eigenvalue weighted by Crippen LogP contribution is -2.22. The fraction of sp³-hybridized carbons (Fsp3) is 0.0370. The molecule has 0 saturated carbocycles. The summed E-state index contributed by atoms with van der Waals surface area (Å²) in [5.74, 6) is -1.87. The number of carbonyl (C=O) groups is 2. The maximum absolute atomic E-state index is 13.7. The molecule has 3 aromatic carbocycles. The number of non-ortho nitro benzene ring substituents is 1. The number of hydrogen-bond donors (Lipinski definition) is 5. The maximum atomic E-state index is 13.7. The lowest BCUT2D eigenvalue weighted by molar-refractivity contribution is -0.384. The highest BCUT2D eigenvalue weighted by Gasteiger charge is 2.29. The van der Waals surface area contributed by atoms with E-state index in [1.165, 1.54) is 61.7 Å². The molecule has 0 bridgehead atoms. The first kappa shape index (κ1) is 30.2. The summed E-state index contributed by atoms with van der Waals surface area (Å²) < 4.78 is 38.8. The normalized spacial score (nSPS) is 13.2. The van der Waals surface area contributed by atoms with Crippen molar-refractivity contribution in [3.63, 3.8) is 0 Å². The van der Waals surface area contributed by atoms with Crippen LogP contribution in [-0.4, -0.2) is 57.4 Å². The number of hydrogen-bond acceptors (Lipinski definition) is 14. The van der Waals surface area contributed by atoms with Gasteiger partial charge in [-0.2, -0.15) is 23.5 Å². The van der Waals surface area contributed by atoms with E-state index < -0.39 is 37.4 Å². The number of fused-ring (bicyclic) bond motifs is 1. The minimum Gasteiger partial charge on any atom is -0.465 e. The van der Waals surface area contributed by atoms with Crippen molar-refractivity contribution in [2.24, 2.45) is 5.10 Å². The molecule has 5 N–H and O–H groups in total. The molecule has 1 heterocycles. The second-order valence-electron chi connectivity index (χ2n) is 9.06. The molecule has 1 aliphatic carbocycles.